The summed E-state index contributed by atoms with van der Waals surface area (Å²) in [6, 6.07) is 9.10. The van der Waals surface area contributed by atoms with Crippen LogP contribution in [0, 0.1) is 5.92 Å². The molecule has 160 valence electrons. The highest BCUT2D eigenvalue weighted by molar-refractivity contribution is 7.98. The number of halogens is 1. The van der Waals surface area contributed by atoms with Crippen molar-refractivity contribution in [2.24, 2.45) is 5.92 Å². The lowest BCUT2D eigenvalue weighted by Crippen LogP contribution is -2.45. The van der Waals surface area contributed by atoms with Crippen molar-refractivity contribution in [3.63, 3.8) is 0 Å². The first-order valence-electron chi connectivity index (χ1n) is 10.2. The summed E-state index contributed by atoms with van der Waals surface area (Å²) in [4.78, 5) is 19.2. The Bertz CT molecular complexity index is 890. The minimum absolute atomic E-state index is 0.00256. The average molecular weight is 448 g/mol. The van der Waals surface area contributed by atoms with Crippen LogP contribution in [0.3, 0.4) is 0 Å². The van der Waals surface area contributed by atoms with Gasteiger partial charge in [-0.1, -0.05) is 11.6 Å². The molecule has 0 saturated carbocycles. The van der Waals surface area contributed by atoms with Crippen LogP contribution in [0.25, 0.3) is 0 Å². The van der Waals surface area contributed by atoms with Gasteiger partial charge in [0.15, 0.2) is 11.5 Å². The molecule has 1 amide bonds. The van der Waals surface area contributed by atoms with Gasteiger partial charge in [-0.05, 0) is 62.4 Å². The van der Waals surface area contributed by atoms with Crippen molar-refractivity contribution in [1.82, 2.24) is 15.2 Å². The average Bonchev–Trinajstić information content (AvgIpc) is 2.78. The van der Waals surface area contributed by atoms with Gasteiger partial charge in [-0.3, -0.25) is 9.69 Å². The molecule has 0 aliphatic carbocycles. The molecule has 0 radical (unpaired) electrons. The number of aromatic nitrogens is 1. The Morgan fingerprint density at radius 2 is 2.13 bits per heavy atom. The van der Waals surface area contributed by atoms with E-state index in [1.807, 2.05) is 30.5 Å². The lowest BCUT2D eigenvalue weighted by atomic mass is 9.96. The minimum atomic E-state index is -0.0417. The number of fused-ring (bicyclic) bond motifs is 1. The maximum Gasteiger partial charge on any atom is 0.254 e. The predicted octanol–water partition coefficient (Wildman–Crippen LogP) is 3.74. The van der Waals surface area contributed by atoms with E-state index < -0.39 is 0 Å². The highest BCUT2D eigenvalue weighted by Crippen LogP contribution is 2.34. The lowest BCUT2D eigenvalue weighted by Gasteiger charge is -2.35. The number of pyridine rings is 1. The zero-order chi connectivity index (χ0) is 20.9. The van der Waals surface area contributed by atoms with E-state index in [-0.39, 0.29) is 12.0 Å². The molecule has 1 aromatic carbocycles. The number of piperidine rings is 1. The second kappa shape index (κ2) is 9.90. The Morgan fingerprint density at radius 1 is 1.30 bits per heavy atom. The molecule has 1 aromatic heterocycles. The van der Waals surface area contributed by atoms with E-state index in [0.717, 1.165) is 49.0 Å². The van der Waals surface area contributed by atoms with Crippen molar-refractivity contribution in [3.05, 3.63) is 47.1 Å². The molecule has 1 saturated heterocycles. The van der Waals surface area contributed by atoms with Crippen LogP contribution in [-0.2, 0) is 0 Å². The standard InChI is InChI=1S/C22H26ClN3O3S/c1-30-22-18(3-2-8-24-22)21(27)25-12-15-6-9-26(10-7-15)13-17-14-28-19-5-4-16(23)11-20(19)29-17/h2-5,8,11,15,17H,6-7,9-10,12-14H2,1H3,(H,25,27)/t17-/m0/s1. The number of benzene rings is 1. The summed E-state index contributed by atoms with van der Waals surface area (Å²) in [6.07, 6.45) is 5.76. The van der Waals surface area contributed by atoms with Crippen molar-refractivity contribution in [2.45, 2.75) is 24.0 Å². The molecule has 2 aromatic rings. The third-order valence-electron chi connectivity index (χ3n) is 5.55. The number of hydrogen-bond donors (Lipinski definition) is 1. The summed E-state index contributed by atoms with van der Waals surface area (Å²) in [5.41, 5.74) is 0.650. The molecule has 1 fully saturated rings. The zero-order valence-electron chi connectivity index (χ0n) is 17.0. The summed E-state index contributed by atoms with van der Waals surface area (Å²) in [5, 5.41) is 4.50. The van der Waals surface area contributed by atoms with Gasteiger partial charge < -0.3 is 14.8 Å². The summed E-state index contributed by atoms with van der Waals surface area (Å²) in [5.74, 6) is 1.92. The third-order valence-corrected chi connectivity index (χ3v) is 6.50. The smallest absolute Gasteiger partial charge is 0.254 e. The van der Waals surface area contributed by atoms with Gasteiger partial charge in [-0.2, -0.15) is 0 Å². The molecule has 0 bridgehead atoms. The third kappa shape index (κ3) is 5.20. The first-order valence-corrected chi connectivity index (χ1v) is 11.8. The molecule has 0 spiro atoms. The van der Waals surface area contributed by atoms with E-state index in [9.17, 15) is 4.79 Å². The number of rotatable bonds is 6. The molecule has 2 aliphatic heterocycles. The van der Waals surface area contributed by atoms with E-state index in [4.69, 9.17) is 21.1 Å². The quantitative estimate of drug-likeness (QED) is 0.680. The summed E-state index contributed by atoms with van der Waals surface area (Å²) in [7, 11) is 0. The highest BCUT2D eigenvalue weighted by Gasteiger charge is 2.26. The SMILES string of the molecule is CSc1ncccc1C(=O)NCC1CCN(C[C@H]2COc3ccc(Cl)cc3O2)CC1. The van der Waals surface area contributed by atoms with Crippen LogP contribution >= 0.6 is 23.4 Å². The van der Waals surface area contributed by atoms with E-state index in [0.29, 0.717) is 29.7 Å². The number of amides is 1. The topological polar surface area (TPSA) is 63.7 Å². The van der Waals surface area contributed by atoms with Crippen LogP contribution in [0.5, 0.6) is 11.5 Å². The predicted molar refractivity (Wildman–Crippen MR) is 119 cm³/mol. The van der Waals surface area contributed by atoms with Gasteiger partial charge in [-0.25, -0.2) is 4.98 Å². The molecule has 2 aliphatic rings. The Hall–Kier alpha value is -1.96. The molecule has 1 N–H and O–H groups in total. The van der Waals surface area contributed by atoms with E-state index in [1.165, 1.54) is 11.8 Å². The molecule has 1 atom stereocenters. The van der Waals surface area contributed by atoms with Gasteiger partial charge in [0.05, 0.1) is 5.56 Å². The summed E-state index contributed by atoms with van der Waals surface area (Å²) < 4.78 is 11.9. The van der Waals surface area contributed by atoms with Crippen LogP contribution in [-0.4, -0.2) is 60.9 Å². The van der Waals surface area contributed by atoms with E-state index >= 15 is 0 Å². The van der Waals surface area contributed by atoms with Crippen LogP contribution in [0.1, 0.15) is 23.2 Å². The maximum atomic E-state index is 12.5. The Labute approximate surface area is 186 Å². The van der Waals surface area contributed by atoms with Crippen LogP contribution in [0.4, 0.5) is 0 Å². The van der Waals surface area contributed by atoms with Gasteiger partial charge in [0, 0.05) is 30.4 Å². The Balaban J connectivity index is 1.21. The van der Waals surface area contributed by atoms with Gasteiger partial charge in [0.25, 0.3) is 5.91 Å². The maximum absolute atomic E-state index is 12.5. The number of carbonyl (C=O) groups is 1. The largest absolute Gasteiger partial charge is 0.486 e. The fourth-order valence-electron chi connectivity index (χ4n) is 3.90. The lowest BCUT2D eigenvalue weighted by molar-refractivity contribution is 0.0476. The van der Waals surface area contributed by atoms with E-state index in [1.54, 1.807) is 12.3 Å². The van der Waals surface area contributed by atoms with E-state index in [2.05, 4.69) is 15.2 Å². The molecule has 30 heavy (non-hydrogen) atoms. The minimum Gasteiger partial charge on any atom is -0.486 e. The first-order chi connectivity index (χ1) is 14.6. The Morgan fingerprint density at radius 3 is 2.93 bits per heavy atom. The molecule has 3 heterocycles. The molecule has 4 rings (SSSR count). The monoisotopic (exact) mass is 447 g/mol. The fourth-order valence-corrected chi connectivity index (χ4v) is 4.61. The first kappa shape index (κ1) is 21.3. The van der Waals surface area contributed by atoms with Gasteiger partial charge in [-0.15, -0.1) is 11.8 Å². The van der Waals surface area contributed by atoms with Crippen molar-refractivity contribution in [3.8, 4) is 11.5 Å². The molecule has 8 heteroatoms. The number of hydrogen-bond acceptors (Lipinski definition) is 6. The molecule has 6 nitrogen and oxygen atoms in total. The van der Waals surface area contributed by atoms with Crippen LogP contribution < -0.4 is 14.8 Å². The Kier molecular flexibility index (Phi) is 7.02. The van der Waals surface area contributed by atoms with Crippen LogP contribution in [0.2, 0.25) is 5.02 Å². The van der Waals surface area contributed by atoms with Gasteiger partial charge >= 0.3 is 0 Å². The molecular weight excluding hydrogens is 422 g/mol. The highest BCUT2D eigenvalue weighted by atomic mass is 35.5. The van der Waals surface area contributed by atoms with Crippen molar-refractivity contribution >= 4 is 29.3 Å². The number of nitrogens with zero attached hydrogens (tertiary/aromatic N) is 2. The van der Waals surface area contributed by atoms with Gasteiger partial charge in [0.1, 0.15) is 17.7 Å². The normalized spacial score (nSPS) is 19.5. The fraction of sp³-hybridized carbons (Fsp3) is 0.455. The van der Waals surface area contributed by atoms with Crippen molar-refractivity contribution in [1.29, 1.82) is 0 Å². The van der Waals surface area contributed by atoms with Crippen LogP contribution in [0.15, 0.2) is 41.6 Å². The summed E-state index contributed by atoms with van der Waals surface area (Å²) >= 11 is 7.55. The van der Waals surface area contributed by atoms with Crippen molar-refractivity contribution < 1.29 is 14.3 Å². The molecule has 0 unspecified atom stereocenters. The molecular formula is C22H26ClN3O3S. The second-order valence-electron chi connectivity index (χ2n) is 7.66. The zero-order valence-corrected chi connectivity index (χ0v) is 18.5. The number of carbonyl (C=O) groups excluding carboxylic acids is 1. The van der Waals surface area contributed by atoms with Gasteiger partial charge in [0.2, 0.25) is 0 Å². The number of ether oxygens (including phenoxy) is 2. The summed E-state index contributed by atoms with van der Waals surface area (Å²) in [6.45, 7) is 4.06. The number of thioether (sulfide) groups is 1. The van der Waals surface area contributed by atoms with Crippen molar-refractivity contribution in [2.75, 3.05) is 39.0 Å². The number of likely N-dealkylation sites (tertiary alicyclic amines) is 1. The second-order valence-corrected chi connectivity index (χ2v) is 8.89. The number of nitrogens with one attached hydrogen (secondary N) is 1.